The molecule has 1 unspecified atom stereocenters. The molecule has 1 atom stereocenters. The number of nitrogens with one attached hydrogen (secondary N) is 1. The van der Waals surface area contributed by atoms with Gasteiger partial charge in [-0.3, -0.25) is 4.99 Å². The van der Waals surface area contributed by atoms with Crippen LogP contribution in [0.4, 0.5) is 0 Å². The summed E-state index contributed by atoms with van der Waals surface area (Å²) in [4.78, 5) is 6.05. The van der Waals surface area contributed by atoms with Crippen molar-refractivity contribution in [2.24, 2.45) is 16.6 Å². The van der Waals surface area contributed by atoms with Crippen LogP contribution in [0.3, 0.4) is 0 Å². The quantitative estimate of drug-likeness (QED) is 0.438. The van der Waals surface area contributed by atoms with Gasteiger partial charge in [0.15, 0.2) is 5.96 Å². The number of guanidine groups is 1. The minimum Gasteiger partial charge on any atom is -0.387 e. The van der Waals surface area contributed by atoms with Crippen molar-refractivity contribution in [1.82, 2.24) is 10.2 Å². The molecule has 5 heteroatoms. The van der Waals surface area contributed by atoms with Crippen LogP contribution >= 0.6 is 0 Å². The lowest BCUT2D eigenvalue weighted by atomic mass is 10.1. The number of rotatable bonds is 6. The summed E-state index contributed by atoms with van der Waals surface area (Å²) in [5, 5.41) is 13.0. The summed E-state index contributed by atoms with van der Waals surface area (Å²) >= 11 is 0. The molecular weight excluding hydrogens is 204 g/mol. The van der Waals surface area contributed by atoms with Crippen molar-refractivity contribution in [1.29, 1.82) is 0 Å². The molecule has 96 valence electrons. The highest BCUT2D eigenvalue weighted by Gasteiger charge is 2.20. The molecule has 0 aliphatic rings. The third kappa shape index (κ3) is 8.49. The molecule has 0 aromatic heterocycles. The zero-order chi connectivity index (χ0) is 12.8. The lowest BCUT2D eigenvalue weighted by molar-refractivity contribution is 0.0424. The summed E-state index contributed by atoms with van der Waals surface area (Å²) in [5.41, 5.74) is 4.83. The molecule has 0 radical (unpaired) electrons. The summed E-state index contributed by atoms with van der Waals surface area (Å²) in [6.07, 6.45) is 0. The van der Waals surface area contributed by atoms with Gasteiger partial charge in [-0.15, -0.1) is 0 Å². The van der Waals surface area contributed by atoms with Gasteiger partial charge in [-0.1, -0.05) is 13.8 Å². The van der Waals surface area contributed by atoms with E-state index in [4.69, 9.17) is 5.73 Å². The fourth-order valence-corrected chi connectivity index (χ4v) is 1.35. The molecule has 0 rings (SSSR count). The molecule has 0 aliphatic heterocycles. The normalized spacial score (nSPS) is 16.6. The highest BCUT2D eigenvalue weighted by atomic mass is 16.3. The number of aliphatic imine (C=N–C) groups is 1. The largest absolute Gasteiger partial charge is 0.387 e. The van der Waals surface area contributed by atoms with E-state index in [0.29, 0.717) is 25.0 Å². The van der Waals surface area contributed by atoms with Crippen LogP contribution in [0.25, 0.3) is 0 Å². The lowest BCUT2D eigenvalue weighted by Gasteiger charge is -2.25. The first kappa shape index (κ1) is 15.2. The number of aliphatic hydroxyl groups is 1. The Bertz CT molecular complexity index is 224. The number of hydrogen-bond donors (Lipinski definition) is 3. The molecule has 4 N–H and O–H groups in total. The molecule has 0 amide bonds. The minimum atomic E-state index is -0.840. The van der Waals surface area contributed by atoms with Crippen LogP contribution in [0.5, 0.6) is 0 Å². The number of hydrogen-bond acceptors (Lipinski definition) is 3. The van der Waals surface area contributed by atoms with Gasteiger partial charge in [0.2, 0.25) is 0 Å². The standard InChI is InChI=1S/C11H26N4O/c1-9(2)6-13-10(12)14-7-11(3,16)8-15(4)5/h9,16H,6-8H2,1-5H3,(H3,12,13,14). The third-order valence-electron chi connectivity index (χ3n) is 1.94. The van der Waals surface area contributed by atoms with Crippen LogP contribution in [-0.2, 0) is 0 Å². The predicted molar refractivity (Wildman–Crippen MR) is 68.5 cm³/mol. The van der Waals surface area contributed by atoms with Crippen LogP contribution in [0, 0.1) is 5.92 Å². The molecular formula is C11H26N4O. The second kappa shape index (κ2) is 6.70. The maximum Gasteiger partial charge on any atom is 0.188 e. The van der Waals surface area contributed by atoms with Crippen molar-refractivity contribution in [2.75, 3.05) is 33.7 Å². The van der Waals surface area contributed by atoms with Crippen molar-refractivity contribution in [3.05, 3.63) is 0 Å². The van der Waals surface area contributed by atoms with Crippen LogP contribution in [-0.4, -0.2) is 55.3 Å². The Labute approximate surface area is 98.7 Å². The average Bonchev–Trinajstić information content (AvgIpc) is 2.09. The van der Waals surface area contributed by atoms with Crippen LogP contribution in [0.1, 0.15) is 20.8 Å². The third-order valence-corrected chi connectivity index (χ3v) is 1.94. The Balaban J connectivity index is 4.03. The van der Waals surface area contributed by atoms with Crippen molar-refractivity contribution >= 4 is 5.96 Å². The van der Waals surface area contributed by atoms with Crippen LogP contribution in [0.2, 0.25) is 0 Å². The van der Waals surface area contributed by atoms with Gasteiger partial charge in [-0.2, -0.15) is 0 Å². The molecule has 0 fully saturated rings. The van der Waals surface area contributed by atoms with E-state index in [-0.39, 0.29) is 0 Å². The van der Waals surface area contributed by atoms with Crippen LogP contribution in [0.15, 0.2) is 4.99 Å². The van der Waals surface area contributed by atoms with Crippen LogP contribution < -0.4 is 11.1 Å². The number of likely N-dealkylation sites (N-methyl/N-ethyl adjacent to an activating group) is 1. The van der Waals surface area contributed by atoms with Crippen molar-refractivity contribution in [3.8, 4) is 0 Å². The number of nitrogens with zero attached hydrogens (tertiary/aromatic N) is 2. The molecule has 0 spiro atoms. The minimum absolute atomic E-state index is 0.308. The fraction of sp³-hybridized carbons (Fsp3) is 0.909. The van der Waals surface area contributed by atoms with E-state index in [0.717, 1.165) is 6.54 Å². The summed E-state index contributed by atoms with van der Waals surface area (Å²) in [6.45, 7) is 7.62. The summed E-state index contributed by atoms with van der Waals surface area (Å²) in [5.74, 6) is 0.920. The van der Waals surface area contributed by atoms with Gasteiger partial charge in [0, 0.05) is 13.1 Å². The highest BCUT2D eigenvalue weighted by molar-refractivity contribution is 5.77. The van der Waals surface area contributed by atoms with Gasteiger partial charge in [0.1, 0.15) is 0 Å². The monoisotopic (exact) mass is 230 g/mol. The first-order chi connectivity index (χ1) is 7.23. The molecule has 0 saturated heterocycles. The average molecular weight is 230 g/mol. The molecule has 0 aliphatic carbocycles. The van der Waals surface area contributed by atoms with Crippen molar-refractivity contribution < 1.29 is 5.11 Å². The van der Waals surface area contributed by atoms with E-state index in [2.05, 4.69) is 24.2 Å². The van der Waals surface area contributed by atoms with Crippen molar-refractivity contribution in [3.63, 3.8) is 0 Å². The Morgan fingerprint density at radius 2 is 2.06 bits per heavy atom. The Kier molecular flexibility index (Phi) is 6.36. The smallest absolute Gasteiger partial charge is 0.188 e. The Morgan fingerprint density at radius 3 is 2.50 bits per heavy atom. The Morgan fingerprint density at radius 1 is 1.50 bits per heavy atom. The van der Waals surface area contributed by atoms with Gasteiger partial charge in [-0.05, 0) is 26.9 Å². The first-order valence-electron chi connectivity index (χ1n) is 5.64. The number of nitrogens with two attached hydrogens (primary N) is 1. The summed E-state index contributed by atoms with van der Waals surface area (Å²) < 4.78 is 0. The molecule has 0 aromatic rings. The maximum absolute atomic E-state index is 9.98. The van der Waals surface area contributed by atoms with Crippen molar-refractivity contribution in [2.45, 2.75) is 26.4 Å². The topological polar surface area (TPSA) is 73.9 Å². The summed E-state index contributed by atoms with van der Waals surface area (Å²) in [7, 11) is 3.83. The van der Waals surface area contributed by atoms with E-state index in [1.807, 2.05) is 19.0 Å². The van der Waals surface area contributed by atoms with Gasteiger partial charge >= 0.3 is 0 Å². The SMILES string of the molecule is CC(C)CNC(N)=NCC(C)(O)CN(C)C. The molecule has 0 heterocycles. The van der Waals surface area contributed by atoms with E-state index in [1.54, 1.807) is 6.92 Å². The molecule has 0 bridgehead atoms. The van der Waals surface area contributed by atoms with E-state index < -0.39 is 5.60 Å². The first-order valence-corrected chi connectivity index (χ1v) is 5.64. The van der Waals surface area contributed by atoms with Gasteiger partial charge in [-0.25, -0.2) is 0 Å². The molecule has 5 nitrogen and oxygen atoms in total. The molecule has 0 saturated carbocycles. The predicted octanol–water partition coefficient (Wildman–Crippen LogP) is -0.141. The Hall–Kier alpha value is -0.810. The second-order valence-electron chi connectivity index (χ2n) is 5.21. The zero-order valence-electron chi connectivity index (χ0n) is 11.1. The van der Waals surface area contributed by atoms with E-state index in [1.165, 1.54) is 0 Å². The lowest BCUT2D eigenvalue weighted by Crippen LogP contribution is -2.42. The second-order valence-corrected chi connectivity index (χ2v) is 5.21. The van der Waals surface area contributed by atoms with Gasteiger partial charge in [0.05, 0.1) is 12.1 Å². The van der Waals surface area contributed by atoms with E-state index >= 15 is 0 Å². The van der Waals surface area contributed by atoms with E-state index in [9.17, 15) is 5.11 Å². The zero-order valence-corrected chi connectivity index (χ0v) is 11.1. The molecule has 16 heavy (non-hydrogen) atoms. The van der Waals surface area contributed by atoms with Gasteiger partial charge in [0.25, 0.3) is 0 Å². The van der Waals surface area contributed by atoms with Gasteiger partial charge < -0.3 is 21.1 Å². The highest BCUT2D eigenvalue weighted by Crippen LogP contribution is 2.04. The maximum atomic E-state index is 9.98. The molecule has 0 aromatic carbocycles. The summed E-state index contributed by atoms with van der Waals surface area (Å²) in [6, 6.07) is 0. The fourth-order valence-electron chi connectivity index (χ4n) is 1.35.